The van der Waals surface area contributed by atoms with E-state index >= 15 is 0 Å². The second kappa shape index (κ2) is 6.55. The van der Waals surface area contributed by atoms with E-state index in [4.69, 9.17) is 0 Å². The maximum atomic E-state index is 3.63. The van der Waals surface area contributed by atoms with Gasteiger partial charge in [-0.2, -0.15) is 0 Å². The summed E-state index contributed by atoms with van der Waals surface area (Å²) in [7, 11) is 0. The molecule has 0 bridgehead atoms. The fourth-order valence-corrected chi connectivity index (χ4v) is 3.57. The molecule has 0 aromatic carbocycles. The molecule has 1 heterocycles. The molecule has 1 nitrogen and oxygen atoms in total. The molecule has 1 aliphatic carbocycles. The average molecular weight is 251 g/mol. The smallest absolute Gasteiger partial charge is 0.0299 e. The van der Waals surface area contributed by atoms with Gasteiger partial charge in [-0.1, -0.05) is 26.7 Å². The van der Waals surface area contributed by atoms with E-state index in [2.05, 4.69) is 31.3 Å². The Morgan fingerprint density at radius 1 is 1.18 bits per heavy atom. The van der Waals surface area contributed by atoms with Crippen molar-refractivity contribution in [3.8, 4) is 0 Å². The third-order valence-electron chi connectivity index (χ3n) is 3.93. The first-order valence-corrected chi connectivity index (χ1v) is 7.88. The summed E-state index contributed by atoms with van der Waals surface area (Å²) >= 11 is 1.96. The zero-order valence-electron chi connectivity index (χ0n) is 11.2. The Morgan fingerprint density at radius 3 is 2.53 bits per heavy atom. The van der Waals surface area contributed by atoms with Gasteiger partial charge in [0.25, 0.3) is 0 Å². The molecular formula is C15H25NS. The van der Waals surface area contributed by atoms with Crippen molar-refractivity contribution in [3.63, 3.8) is 0 Å². The molecule has 2 heteroatoms. The second-order valence-electron chi connectivity index (χ2n) is 5.48. The first-order valence-electron chi connectivity index (χ1n) is 7.06. The minimum absolute atomic E-state index is 0.928. The van der Waals surface area contributed by atoms with Gasteiger partial charge in [0.15, 0.2) is 0 Å². The van der Waals surface area contributed by atoms with Crippen LogP contribution in [0.3, 0.4) is 0 Å². The van der Waals surface area contributed by atoms with E-state index in [-0.39, 0.29) is 0 Å². The van der Waals surface area contributed by atoms with Crippen LogP contribution in [0.5, 0.6) is 0 Å². The summed E-state index contributed by atoms with van der Waals surface area (Å²) in [6.45, 7) is 6.90. The van der Waals surface area contributed by atoms with Crippen molar-refractivity contribution < 1.29 is 0 Å². The Morgan fingerprint density at radius 2 is 1.88 bits per heavy atom. The van der Waals surface area contributed by atoms with Crippen molar-refractivity contribution in [1.82, 2.24) is 5.32 Å². The largest absolute Gasteiger partial charge is 0.312 e. The SMILES string of the molecule is CCc1ccc(CNCC2CCC(C)CC2)s1. The lowest BCUT2D eigenvalue weighted by Crippen LogP contribution is -2.25. The standard InChI is InChI=1S/C15H25NS/c1-3-14-8-9-15(17-14)11-16-10-13-6-4-12(2)5-7-13/h8-9,12-13,16H,3-7,10-11H2,1-2H3. The lowest BCUT2D eigenvalue weighted by molar-refractivity contribution is 0.281. The molecule has 1 aromatic rings. The monoisotopic (exact) mass is 251 g/mol. The Balaban J connectivity index is 1.65. The molecule has 96 valence electrons. The highest BCUT2D eigenvalue weighted by molar-refractivity contribution is 7.11. The Kier molecular flexibility index (Phi) is 5.05. The summed E-state index contributed by atoms with van der Waals surface area (Å²) in [5, 5.41) is 3.63. The number of nitrogens with one attached hydrogen (secondary N) is 1. The normalized spacial score (nSPS) is 25.1. The Hall–Kier alpha value is -0.340. The van der Waals surface area contributed by atoms with Crippen LogP contribution in [0.4, 0.5) is 0 Å². The summed E-state index contributed by atoms with van der Waals surface area (Å²) in [4.78, 5) is 3.00. The van der Waals surface area contributed by atoms with E-state index in [0.29, 0.717) is 0 Å². The highest BCUT2D eigenvalue weighted by atomic mass is 32.1. The minimum Gasteiger partial charge on any atom is -0.312 e. The van der Waals surface area contributed by atoms with Gasteiger partial charge in [-0.05, 0) is 49.8 Å². The van der Waals surface area contributed by atoms with Crippen molar-refractivity contribution >= 4 is 11.3 Å². The van der Waals surface area contributed by atoms with Gasteiger partial charge in [0.1, 0.15) is 0 Å². The van der Waals surface area contributed by atoms with Crippen LogP contribution < -0.4 is 5.32 Å². The Labute approximate surface area is 110 Å². The summed E-state index contributed by atoms with van der Waals surface area (Å²) in [6, 6.07) is 4.55. The Bertz CT molecular complexity index is 323. The zero-order valence-corrected chi connectivity index (χ0v) is 12.0. The van der Waals surface area contributed by atoms with E-state index in [9.17, 15) is 0 Å². The second-order valence-corrected chi connectivity index (χ2v) is 6.73. The van der Waals surface area contributed by atoms with Crippen LogP contribution in [0.25, 0.3) is 0 Å². The van der Waals surface area contributed by atoms with Crippen LogP contribution in [0, 0.1) is 11.8 Å². The third kappa shape index (κ3) is 4.11. The molecule has 1 aromatic heterocycles. The van der Waals surface area contributed by atoms with Crippen molar-refractivity contribution in [2.75, 3.05) is 6.54 Å². The van der Waals surface area contributed by atoms with E-state index in [1.807, 2.05) is 11.3 Å². The first-order chi connectivity index (χ1) is 8.28. The molecule has 1 N–H and O–H groups in total. The van der Waals surface area contributed by atoms with Crippen LogP contribution >= 0.6 is 11.3 Å². The number of rotatable bonds is 5. The van der Waals surface area contributed by atoms with Gasteiger partial charge in [-0.3, -0.25) is 0 Å². The fourth-order valence-electron chi connectivity index (χ4n) is 2.64. The molecule has 0 spiro atoms. The van der Waals surface area contributed by atoms with Crippen LogP contribution in [-0.4, -0.2) is 6.54 Å². The average Bonchev–Trinajstić information content (AvgIpc) is 2.80. The number of hydrogen-bond donors (Lipinski definition) is 1. The number of aryl methyl sites for hydroxylation is 1. The van der Waals surface area contributed by atoms with Gasteiger partial charge in [0.05, 0.1) is 0 Å². The maximum Gasteiger partial charge on any atom is 0.0299 e. The molecular weight excluding hydrogens is 226 g/mol. The first kappa shape index (κ1) is 13.1. The van der Waals surface area contributed by atoms with E-state index in [1.165, 1.54) is 48.4 Å². The molecule has 0 unspecified atom stereocenters. The zero-order chi connectivity index (χ0) is 12.1. The molecule has 0 atom stereocenters. The minimum atomic E-state index is 0.928. The van der Waals surface area contributed by atoms with E-state index in [1.54, 1.807) is 0 Å². The van der Waals surface area contributed by atoms with E-state index < -0.39 is 0 Å². The maximum absolute atomic E-state index is 3.63. The van der Waals surface area contributed by atoms with Crippen molar-refractivity contribution in [3.05, 3.63) is 21.9 Å². The molecule has 0 amide bonds. The highest BCUT2D eigenvalue weighted by Gasteiger charge is 2.17. The van der Waals surface area contributed by atoms with Gasteiger partial charge in [-0.15, -0.1) is 11.3 Å². The third-order valence-corrected chi connectivity index (χ3v) is 5.16. The van der Waals surface area contributed by atoms with Gasteiger partial charge < -0.3 is 5.32 Å². The fraction of sp³-hybridized carbons (Fsp3) is 0.733. The lowest BCUT2D eigenvalue weighted by Gasteiger charge is -2.26. The summed E-state index contributed by atoms with van der Waals surface area (Å²) in [5.74, 6) is 1.90. The molecule has 0 aliphatic heterocycles. The highest BCUT2D eigenvalue weighted by Crippen LogP contribution is 2.27. The van der Waals surface area contributed by atoms with Crippen molar-refractivity contribution in [2.45, 2.75) is 52.5 Å². The van der Waals surface area contributed by atoms with Crippen LogP contribution in [0.15, 0.2) is 12.1 Å². The molecule has 17 heavy (non-hydrogen) atoms. The molecule has 1 saturated carbocycles. The van der Waals surface area contributed by atoms with Gasteiger partial charge in [0, 0.05) is 16.3 Å². The molecule has 0 radical (unpaired) electrons. The predicted molar refractivity (Wildman–Crippen MR) is 76.5 cm³/mol. The van der Waals surface area contributed by atoms with Crippen LogP contribution in [-0.2, 0) is 13.0 Å². The topological polar surface area (TPSA) is 12.0 Å². The quantitative estimate of drug-likeness (QED) is 0.826. The van der Waals surface area contributed by atoms with Gasteiger partial charge in [-0.25, -0.2) is 0 Å². The van der Waals surface area contributed by atoms with Crippen molar-refractivity contribution in [2.24, 2.45) is 11.8 Å². The molecule has 0 saturated heterocycles. The van der Waals surface area contributed by atoms with Crippen LogP contribution in [0.2, 0.25) is 0 Å². The van der Waals surface area contributed by atoms with Gasteiger partial charge >= 0.3 is 0 Å². The predicted octanol–water partition coefficient (Wildman–Crippen LogP) is 4.23. The van der Waals surface area contributed by atoms with Gasteiger partial charge in [0.2, 0.25) is 0 Å². The summed E-state index contributed by atoms with van der Waals surface area (Å²) in [6.07, 6.45) is 6.90. The lowest BCUT2D eigenvalue weighted by atomic mass is 9.83. The number of hydrogen-bond acceptors (Lipinski definition) is 2. The van der Waals surface area contributed by atoms with E-state index in [0.717, 1.165) is 18.4 Å². The summed E-state index contributed by atoms with van der Waals surface area (Å²) < 4.78 is 0. The molecule has 1 fully saturated rings. The summed E-state index contributed by atoms with van der Waals surface area (Å²) in [5.41, 5.74) is 0. The number of thiophene rings is 1. The van der Waals surface area contributed by atoms with Crippen molar-refractivity contribution in [1.29, 1.82) is 0 Å². The molecule has 1 aliphatic rings. The van der Waals surface area contributed by atoms with Crippen LogP contribution in [0.1, 0.15) is 49.3 Å². The molecule has 2 rings (SSSR count).